The number of rotatable bonds is 2. The third-order valence-corrected chi connectivity index (χ3v) is 4.49. The maximum atomic E-state index is 13.1. The highest BCUT2D eigenvalue weighted by Gasteiger charge is 2.14. The first-order valence-electron chi connectivity index (χ1n) is 7.68. The summed E-state index contributed by atoms with van der Waals surface area (Å²) < 4.78 is 16.1. The van der Waals surface area contributed by atoms with Gasteiger partial charge in [0.1, 0.15) is 11.3 Å². The summed E-state index contributed by atoms with van der Waals surface area (Å²) in [6.07, 6.45) is 1.55. The highest BCUT2D eigenvalue weighted by Crippen LogP contribution is 2.23. The van der Waals surface area contributed by atoms with Gasteiger partial charge >= 0.3 is 0 Å². The molecule has 26 heavy (non-hydrogen) atoms. The van der Waals surface area contributed by atoms with Gasteiger partial charge in [0.25, 0.3) is 11.5 Å². The molecule has 0 unspecified atom stereocenters. The predicted octanol–water partition coefficient (Wildman–Crippen LogP) is 3.23. The minimum absolute atomic E-state index is 0.102. The van der Waals surface area contributed by atoms with Crippen LogP contribution in [0.5, 0.6) is 0 Å². The van der Waals surface area contributed by atoms with Gasteiger partial charge < -0.3 is 9.88 Å². The lowest BCUT2D eigenvalue weighted by Gasteiger charge is -2.10. The van der Waals surface area contributed by atoms with Gasteiger partial charge in [-0.25, -0.2) is 8.91 Å². The summed E-state index contributed by atoms with van der Waals surface area (Å²) >= 11 is 5.94. The zero-order valence-corrected chi connectivity index (χ0v) is 14.3. The van der Waals surface area contributed by atoms with Gasteiger partial charge in [0.05, 0.1) is 27.9 Å². The van der Waals surface area contributed by atoms with Crippen LogP contribution in [0.1, 0.15) is 10.4 Å². The van der Waals surface area contributed by atoms with E-state index in [9.17, 15) is 14.0 Å². The van der Waals surface area contributed by atoms with Gasteiger partial charge in [0.15, 0.2) is 0 Å². The van der Waals surface area contributed by atoms with Crippen molar-refractivity contribution in [3.63, 3.8) is 0 Å². The molecule has 0 saturated carbocycles. The lowest BCUT2D eigenvalue weighted by Crippen LogP contribution is -2.20. The van der Waals surface area contributed by atoms with Crippen LogP contribution in [0.15, 0.2) is 53.5 Å². The lowest BCUT2D eigenvalue weighted by molar-refractivity contribution is 0.102. The number of aryl methyl sites for hydroxylation is 1. The van der Waals surface area contributed by atoms with Crippen molar-refractivity contribution < 1.29 is 9.18 Å². The summed E-state index contributed by atoms with van der Waals surface area (Å²) in [5.41, 5.74) is 2.13. The Kier molecular flexibility index (Phi) is 3.73. The molecule has 0 aliphatic carbocycles. The van der Waals surface area contributed by atoms with E-state index in [-0.39, 0.29) is 10.6 Å². The number of hydrogen-bond donors (Lipinski definition) is 1. The topological polar surface area (TPSA) is 68.4 Å². The number of benzene rings is 2. The largest absolute Gasteiger partial charge is 0.321 e. The zero-order chi connectivity index (χ0) is 18.4. The van der Waals surface area contributed by atoms with Crippen molar-refractivity contribution in [2.45, 2.75) is 0 Å². The average Bonchev–Trinajstić information content (AvgIpc) is 3.11. The first kappa shape index (κ1) is 16.3. The van der Waals surface area contributed by atoms with Crippen molar-refractivity contribution in [2.75, 3.05) is 5.32 Å². The molecule has 2 aromatic heterocycles. The molecule has 6 nitrogen and oxygen atoms in total. The minimum Gasteiger partial charge on any atom is -0.321 e. The molecule has 0 fully saturated rings. The van der Waals surface area contributed by atoms with Crippen molar-refractivity contribution >= 4 is 39.7 Å². The van der Waals surface area contributed by atoms with Crippen LogP contribution in [0.3, 0.4) is 0 Å². The summed E-state index contributed by atoms with van der Waals surface area (Å²) in [7, 11) is 1.64. The Bertz CT molecular complexity index is 1250. The van der Waals surface area contributed by atoms with Crippen LogP contribution in [0.4, 0.5) is 10.1 Å². The molecule has 4 rings (SSSR count). The molecule has 0 saturated heterocycles. The van der Waals surface area contributed by atoms with Gasteiger partial charge in [0, 0.05) is 12.6 Å². The highest BCUT2D eigenvalue weighted by atomic mass is 35.5. The van der Waals surface area contributed by atoms with Gasteiger partial charge in [-0.15, -0.1) is 0 Å². The molecule has 0 aliphatic heterocycles. The molecule has 8 heteroatoms. The zero-order valence-electron chi connectivity index (χ0n) is 13.5. The first-order chi connectivity index (χ1) is 12.5. The van der Waals surface area contributed by atoms with E-state index in [4.69, 9.17) is 11.6 Å². The summed E-state index contributed by atoms with van der Waals surface area (Å²) in [6, 6.07) is 10.3. The summed E-state index contributed by atoms with van der Waals surface area (Å²) in [5, 5.41) is 6.90. The molecule has 1 amide bonds. The number of anilines is 1. The Morgan fingerprint density at radius 2 is 1.92 bits per heavy atom. The third-order valence-electron chi connectivity index (χ3n) is 4.17. The Hall–Kier alpha value is -3.19. The standard InChI is InChI=1S/C18H12ClFN4O2/c1-23-16-8-10(17(25)22-13-4-3-11(20)9-12(13)19)2-5-14(16)24-15(18(23)26)6-7-21-24/h2-9H,1H3,(H,22,25). The Balaban J connectivity index is 1.79. The maximum Gasteiger partial charge on any atom is 0.276 e. The van der Waals surface area contributed by atoms with E-state index in [1.807, 2.05) is 0 Å². The molecule has 0 radical (unpaired) electrons. The molecule has 2 heterocycles. The van der Waals surface area contributed by atoms with E-state index in [1.165, 1.54) is 21.2 Å². The van der Waals surface area contributed by atoms with Crippen LogP contribution in [0.25, 0.3) is 16.6 Å². The van der Waals surface area contributed by atoms with Gasteiger partial charge in [0.2, 0.25) is 0 Å². The van der Waals surface area contributed by atoms with E-state index < -0.39 is 11.7 Å². The van der Waals surface area contributed by atoms with Gasteiger partial charge in [-0.05, 0) is 42.5 Å². The number of fused-ring (bicyclic) bond motifs is 3. The van der Waals surface area contributed by atoms with E-state index in [0.717, 1.165) is 6.07 Å². The summed E-state index contributed by atoms with van der Waals surface area (Å²) in [4.78, 5) is 24.9. The number of halogens is 2. The molecular weight excluding hydrogens is 359 g/mol. The van der Waals surface area contributed by atoms with Gasteiger partial charge in [-0.3, -0.25) is 9.59 Å². The normalized spacial score (nSPS) is 11.2. The quantitative estimate of drug-likeness (QED) is 0.589. The molecule has 0 bridgehead atoms. The molecule has 4 aromatic rings. The maximum absolute atomic E-state index is 13.1. The van der Waals surface area contributed by atoms with Crippen LogP contribution in [0.2, 0.25) is 5.02 Å². The van der Waals surface area contributed by atoms with Gasteiger partial charge in [-0.1, -0.05) is 11.6 Å². The number of nitrogens with one attached hydrogen (secondary N) is 1. The average molecular weight is 371 g/mol. The van der Waals surface area contributed by atoms with Crippen molar-refractivity contribution in [3.05, 3.63) is 75.4 Å². The van der Waals surface area contributed by atoms with Crippen molar-refractivity contribution in [1.82, 2.24) is 14.2 Å². The second-order valence-electron chi connectivity index (χ2n) is 5.77. The monoisotopic (exact) mass is 370 g/mol. The van der Waals surface area contributed by atoms with Crippen molar-refractivity contribution in [3.8, 4) is 0 Å². The predicted molar refractivity (Wildman–Crippen MR) is 97.3 cm³/mol. The molecule has 0 aliphatic rings. The van der Waals surface area contributed by atoms with Crippen LogP contribution >= 0.6 is 11.6 Å². The van der Waals surface area contributed by atoms with E-state index in [1.54, 1.807) is 37.5 Å². The van der Waals surface area contributed by atoms with E-state index >= 15 is 0 Å². The van der Waals surface area contributed by atoms with Crippen LogP contribution < -0.4 is 10.9 Å². The Morgan fingerprint density at radius 3 is 2.69 bits per heavy atom. The molecule has 0 atom stereocenters. The van der Waals surface area contributed by atoms with E-state index in [0.29, 0.717) is 27.8 Å². The fourth-order valence-electron chi connectivity index (χ4n) is 2.84. The third kappa shape index (κ3) is 2.53. The van der Waals surface area contributed by atoms with Gasteiger partial charge in [-0.2, -0.15) is 5.10 Å². The van der Waals surface area contributed by atoms with Crippen LogP contribution in [0, 0.1) is 5.82 Å². The molecular formula is C18H12ClFN4O2. The number of carbonyl (C=O) groups excluding carboxylic acids is 1. The fourth-order valence-corrected chi connectivity index (χ4v) is 3.05. The van der Waals surface area contributed by atoms with Crippen LogP contribution in [-0.2, 0) is 7.05 Å². The Labute approximate surface area is 151 Å². The number of amides is 1. The second kappa shape index (κ2) is 5.96. The van der Waals surface area contributed by atoms with Crippen molar-refractivity contribution in [1.29, 1.82) is 0 Å². The molecule has 130 valence electrons. The first-order valence-corrected chi connectivity index (χ1v) is 8.06. The molecule has 1 N–H and O–H groups in total. The van der Waals surface area contributed by atoms with E-state index in [2.05, 4.69) is 10.4 Å². The SMILES string of the molecule is Cn1c(=O)c2ccnn2c2ccc(C(=O)Nc3ccc(F)cc3Cl)cc21. The summed E-state index contributed by atoms with van der Waals surface area (Å²) in [6.45, 7) is 0. The lowest BCUT2D eigenvalue weighted by atomic mass is 10.1. The summed E-state index contributed by atoms with van der Waals surface area (Å²) in [5.74, 6) is -0.912. The molecule has 2 aromatic carbocycles. The minimum atomic E-state index is -0.489. The number of nitrogens with zero attached hydrogens (tertiary/aromatic N) is 3. The molecule has 0 spiro atoms. The smallest absolute Gasteiger partial charge is 0.276 e. The second-order valence-corrected chi connectivity index (χ2v) is 6.18. The van der Waals surface area contributed by atoms with Crippen molar-refractivity contribution in [2.24, 2.45) is 7.05 Å². The number of carbonyl (C=O) groups is 1. The Morgan fingerprint density at radius 1 is 1.12 bits per heavy atom. The number of hydrogen-bond acceptors (Lipinski definition) is 3. The fraction of sp³-hybridized carbons (Fsp3) is 0.0556. The highest BCUT2D eigenvalue weighted by molar-refractivity contribution is 6.33. The van der Waals surface area contributed by atoms with Crippen LogP contribution in [-0.4, -0.2) is 20.1 Å². The number of aromatic nitrogens is 3.